The molecule has 7 nitrogen and oxygen atoms in total. The molecule has 4 rings (SSSR count). The van der Waals surface area contributed by atoms with Crippen molar-refractivity contribution in [1.29, 1.82) is 0 Å². The van der Waals surface area contributed by atoms with Gasteiger partial charge in [0.1, 0.15) is 6.04 Å². The fourth-order valence-electron chi connectivity index (χ4n) is 5.07. The van der Waals surface area contributed by atoms with Crippen LogP contribution in [0.2, 0.25) is 0 Å². The van der Waals surface area contributed by atoms with Crippen molar-refractivity contribution in [2.45, 2.75) is 58.0 Å². The highest BCUT2D eigenvalue weighted by atomic mass is 16.2. The van der Waals surface area contributed by atoms with E-state index in [1.807, 2.05) is 54.3 Å². The molecule has 2 aliphatic rings. The zero-order valence-electron chi connectivity index (χ0n) is 20.7. The lowest BCUT2D eigenvalue weighted by molar-refractivity contribution is -0.138. The van der Waals surface area contributed by atoms with Crippen LogP contribution in [0, 0.1) is 12.8 Å². The van der Waals surface area contributed by atoms with Crippen molar-refractivity contribution in [2.75, 3.05) is 25.0 Å². The Kier molecular flexibility index (Phi) is 8.06. The molecule has 2 aromatic rings. The maximum absolute atomic E-state index is 13.7. The second kappa shape index (κ2) is 11.4. The number of urea groups is 1. The van der Waals surface area contributed by atoms with Crippen molar-refractivity contribution in [1.82, 2.24) is 15.1 Å². The van der Waals surface area contributed by atoms with Crippen LogP contribution >= 0.6 is 0 Å². The maximum atomic E-state index is 13.7. The van der Waals surface area contributed by atoms with Crippen LogP contribution in [0.4, 0.5) is 10.5 Å². The van der Waals surface area contributed by atoms with Gasteiger partial charge in [0, 0.05) is 36.9 Å². The molecule has 2 unspecified atom stereocenters. The van der Waals surface area contributed by atoms with Crippen LogP contribution in [0.25, 0.3) is 0 Å². The molecular formula is C28H36N4O3. The number of anilines is 1. The van der Waals surface area contributed by atoms with Crippen molar-refractivity contribution in [3.8, 4) is 0 Å². The smallest absolute Gasteiger partial charge is 0.321 e. The topological polar surface area (TPSA) is 81.8 Å². The predicted octanol–water partition coefficient (Wildman–Crippen LogP) is 4.44. The molecule has 2 aliphatic heterocycles. The monoisotopic (exact) mass is 476 g/mol. The highest BCUT2D eigenvalue weighted by molar-refractivity contribution is 5.97. The molecule has 2 aromatic carbocycles. The number of amides is 4. The number of aryl methyl sites for hydroxylation is 1. The van der Waals surface area contributed by atoms with E-state index in [0.29, 0.717) is 31.5 Å². The SMILES string of the molecule is Cc1ccc(NC(=O)N2CCC(C(NC(=O)c3ccccc3)C(=O)N3CCCCC3C)CC2)cc1. The minimum absolute atomic E-state index is 0.00374. The average molecular weight is 477 g/mol. The van der Waals surface area contributed by atoms with Gasteiger partial charge in [-0.25, -0.2) is 4.79 Å². The fraction of sp³-hybridized carbons (Fsp3) is 0.464. The number of likely N-dealkylation sites (tertiary alicyclic amines) is 2. The van der Waals surface area contributed by atoms with E-state index in [1.54, 1.807) is 17.0 Å². The molecule has 2 N–H and O–H groups in total. The molecule has 0 bridgehead atoms. The summed E-state index contributed by atoms with van der Waals surface area (Å²) >= 11 is 0. The summed E-state index contributed by atoms with van der Waals surface area (Å²) in [5.74, 6) is -0.245. The second-order valence-electron chi connectivity index (χ2n) is 9.81. The predicted molar refractivity (Wildman–Crippen MR) is 137 cm³/mol. The molecule has 0 aromatic heterocycles. The van der Waals surface area contributed by atoms with Crippen molar-refractivity contribution in [2.24, 2.45) is 5.92 Å². The first kappa shape index (κ1) is 24.8. The standard InChI is InChI=1S/C28H36N4O3/c1-20-11-13-24(14-12-20)29-28(35)31-18-15-22(16-19-31)25(27(34)32-17-7-6-8-21(32)2)30-26(33)23-9-4-3-5-10-23/h3-5,9-14,21-22,25H,6-8,15-19H2,1-2H3,(H,29,35)(H,30,33). The first-order chi connectivity index (χ1) is 16.9. The van der Waals surface area contributed by atoms with Crippen molar-refractivity contribution < 1.29 is 14.4 Å². The van der Waals surface area contributed by atoms with Gasteiger partial charge in [-0.2, -0.15) is 0 Å². The van der Waals surface area contributed by atoms with Gasteiger partial charge in [-0.1, -0.05) is 35.9 Å². The average Bonchev–Trinajstić information content (AvgIpc) is 2.89. The van der Waals surface area contributed by atoms with Gasteiger partial charge in [0.05, 0.1) is 0 Å². The number of benzene rings is 2. The first-order valence-electron chi connectivity index (χ1n) is 12.7. The Balaban J connectivity index is 1.43. The minimum atomic E-state index is -0.592. The number of nitrogens with one attached hydrogen (secondary N) is 2. The third kappa shape index (κ3) is 6.21. The van der Waals surface area contributed by atoms with Crippen LogP contribution in [-0.4, -0.2) is 59.4 Å². The molecule has 7 heteroatoms. The Morgan fingerprint density at radius 3 is 2.23 bits per heavy atom. The molecular weight excluding hydrogens is 440 g/mol. The summed E-state index contributed by atoms with van der Waals surface area (Å²) < 4.78 is 0. The molecule has 0 radical (unpaired) electrons. The zero-order chi connectivity index (χ0) is 24.8. The first-order valence-corrected chi connectivity index (χ1v) is 12.7. The fourth-order valence-corrected chi connectivity index (χ4v) is 5.07. The number of rotatable bonds is 5. The van der Waals surface area contributed by atoms with E-state index >= 15 is 0 Å². The largest absolute Gasteiger partial charge is 0.340 e. The summed E-state index contributed by atoms with van der Waals surface area (Å²) in [6, 6.07) is 16.2. The van der Waals surface area contributed by atoms with Crippen molar-refractivity contribution in [3.05, 3.63) is 65.7 Å². The normalized spacial score (nSPS) is 19.7. The third-order valence-corrected chi connectivity index (χ3v) is 7.28. The van der Waals surface area contributed by atoms with Gasteiger partial charge in [0.2, 0.25) is 5.91 Å². The van der Waals surface area contributed by atoms with E-state index in [9.17, 15) is 14.4 Å². The Hall–Kier alpha value is -3.35. The van der Waals surface area contributed by atoms with Crippen LogP contribution in [0.5, 0.6) is 0 Å². The van der Waals surface area contributed by atoms with Gasteiger partial charge in [-0.3, -0.25) is 9.59 Å². The van der Waals surface area contributed by atoms with E-state index in [1.165, 1.54) is 0 Å². The molecule has 0 spiro atoms. The Morgan fingerprint density at radius 2 is 1.57 bits per heavy atom. The van der Waals surface area contributed by atoms with E-state index in [4.69, 9.17) is 0 Å². The summed E-state index contributed by atoms with van der Waals surface area (Å²) in [4.78, 5) is 43.2. The van der Waals surface area contributed by atoms with Crippen LogP contribution in [-0.2, 0) is 4.79 Å². The molecule has 2 heterocycles. The molecule has 4 amide bonds. The van der Waals surface area contributed by atoms with Gasteiger partial charge in [0.25, 0.3) is 5.91 Å². The number of hydrogen-bond acceptors (Lipinski definition) is 3. The third-order valence-electron chi connectivity index (χ3n) is 7.28. The number of carbonyl (C=O) groups excluding carboxylic acids is 3. The van der Waals surface area contributed by atoms with Crippen LogP contribution in [0.15, 0.2) is 54.6 Å². The van der Waals surface area contributed by atoms with E-state index in [0.717, 1.165) is 37.1 Å². The van der Waals surface area contributed by atoms with Crippen LogP contribution in [0.1, 0.15) is 54.9 Å². The summed E-state index contributed by atoms with van der Waals surface area (Å²) in [5.41, 5.74) is 2.46. The summed E-state index contributed by atoms with van der Waals surface area (Å²) in [6.07, 6.45) is 4.43. The molecule has 2 fully saturated rings. The minimum Gasteiger partial charge on any atom is -0.340 e. The zero-order valence-corrected chi connectivity index (χ0v) is 20.7. The van der Waals surface area contributed by atoms with Gasteiger partial charge >= 0.3 is 6.03 Å². The lowest BCUT2D eigenvalue weighted by Gasteiger charge is -2.40. The Bertz CT molecular complexity index is 1020. The van der Waals surface area contributed by atoms with Gasteiger partial charge < -0.3 is 20.4 Å². The van der Waals surface area contributed by atoms with Crippen LogP contribution in [0.3, 0.4) is 0 Å². The summed E-state index contributed by atoms with van der Waals surface area (Å²) in [7, 11) is 0. The molecule has 0 aliphatic carbocycles. The van der Waals surface area contributed by atoms with Gasteiger partial charge in [0.15, 0.2) is 0 Å². The van der Waals surface area contributed by atoms with Crippen LogP contribution < -0.4 is 10.6 Å². The molecule has 0 saturated carbocycles. The van der Waals surface area contributed by atoms with Crippen molar-refractivity contribution >= 4 is 23.5 Å². The number of nitrogens with zero attached hydrogens (tertiary/aromatic N) is 2. The van der Waals surface area contributed by atoms with Gasteiger partial charge in [-0.05, 0) is 76.1 Å². The summed E-state index contributed by atoms with van der Waals surface area (Å²) in [6.45, 7) is 5.92. The molecule has 35 heavy (non-hydrogen) atoms. The molecule has 2 atom stereocenters. The van der Waals surface area contributed by atoms with E-state index in [-0.39, 0.29) is 29.8 Å². The number of piperidine rings is 2. The lowest BCUT2D eigenvalue weighted by atomic mass is 9.87. The number of hydrogen-bond donors (Lipinski definition) is 2. The highest BCUT2D eigenvalue weighted by Crippen LogP contribution is 2.26. The quantitative estimate of drug-likeness (QED) is 0.669. The lowest BCUT2D eigenvalue weighted by Crippen LogP contribution is -2.57. The molecule has 2 saturated heterocycles. The Morgan fingerprint density at radius 1 is 0.886 bits per heavy atom. The second-order valence-corrected chi connectivity index (χ2v) is 9.81. The maximum Gasteiger partial charge on any atom is 0.321 e. The number of carbonyl (C=O) groups is 3. The Labute approximate surface area is 207 Å². The molecule has 186 valence electrons. The van der Waals surface area contributed by atoms with Crippen molar-refractivity contribution in [3.63, 3.8) is 0 Å². The highest BCUT2D eigenvalue weighted by Gasteiger charge is 2.38. The van der Waals surface area contributed by atoms with Gasteiger partial charge in [-0.15, -0.1) is 0 Å². The summed E-state index contributed by atoms with van der Waals surface area (Å²) in [5, 5.41) is 6.02. The van der Waals surface area contributed by atoms with E-state index in [2.05, 4.69) is 17.6 Å². The van der Waals surface area contributed by atoms with E-state index < -0.39 is 6.04 Å².